The number of amides is 1. The maximum atomic E-state index is 13.4. The largest absolute Gasteiger partial charge is 0.494 e. The van der Waals surface area contributed by atoms with Crippen molar-refractivity contribution in [2.45, 2.75) is 25.6 Å². The van der Waals surface area contributed by atoms with E-state index in [2.05, 4.69) is 27.6 Å². The number of methoxy groups -OCH3 is 1. The first-order chi connectivity index (χ1) is 19.7. The molecule has 1 amide bonds. The van der Waals surface area contributed by atoms with Crippen LogP contribution in [0, 0.1) is 11.8 Å². The van der Waals surface area contributed by atoms with E-state index >= 15 is 0 Å². The number of fused-ring (bicyclic) bond motifs is 1. The summed E-state index contributed by atoms with van der Waals surface area (Å²) in [5.74, 6) is 6.19. The van der Waals surface area contributed by atoms with E-state index in [1.807, 2.05) is 48.5 Å². The zero-order valence-electron chi connectivity index (χ0n) is 22.1. The number of aliphatic hydroxyl groups is 1. The molecule has 4 aromatic rings. The molecule has 3 N–H and O–H groups in total. The van der Waals surface area contributed by atoms with Gasteiger partial charge in [-0.3, -0.25) is 9.78 Å². The Labute approximate surface area is 232 Å². The van der Waals surface area contributed by atoms with Crippen LogP contribution in [0.25, 0.3) is 22.2 Å². The Kier molecular flexibility index (Phi) is 8.83. The fourth-order valence-electron chi connectivity index (χ4n) is 4.41. The summed E-state index contributed by atoms with van der Waals surface area (Å²) >= 11 is 0. The SMILES string of the molecule is COc1c(-c2ccc(C#Cc3ccc(NCCO)cc3)cc2)nc2ccncc2c1C(=O)NOC1CCCCO1. The van der Waals surface area contributed by atoms with Crippen LogP contribution in [-0.4, -0.2) is 54.1 Å². The normalized spacial score (nSPS) is 14.7. The van der Waals surface area contributed by atoms with Crippen molar-refractivity contribution in [3.8, 4) is 28.8 Å². The average molecular weight is 539 g/mol. The Morgan fingerprint density at radius 3 is 2.50 bits per heavy atom. The van der Waals surface area contributed by atoms with Crippen molar-refractivity contribution in [2.75, 3.05) is 32.2 Å². The fourth-order valence-corrected chi connectivity index (χ4v) is 4.41. The molecule has 40 heavy (non-hydrogen) atoms. The van der Waals surface area contributed by atoms with E-state index in [9.17, 15) is 4.79 Å². The van der Waals surface area contributed by atoms with E-state index in [4.69, 9.17) is 24.4 Å². The second-order valence-electron chi connectivity index (χ2n) is 9.16. The maximum absolute atomic E-state index is 13.4. The molecule has 1 unspecified atom stereocenters. The molecule has 1 aliphatic rings. The number of aromatic nitrogens is 2. The second kappa shape index (κ2) is 13.0. The van der Waals surface area contributed by atoms with E-state index in [1.54, 1.807) is 18.5 Å². The summed E-state index contributed by atoms with van der Waals surface area (Å²) in [7, 11) is 1.51. The number of benzene rings is 2. The van der Waals surface area contributed by atoms with Crippen LogP contribution in [-0.2, 0) is 9.57 Å². The number of nitrogens with zero attached hydrogens (tertiary/aromatic N) is 2. The van der Waals surface area contributed by atoms with Crippen LogP contribution in [0.15, 0.2) is 67.0 Å². The van der Waals surface area contributed by atoms with Gasteiger partial charge in [0, 0.05) is 59.7 Å². The summed E-state index contributed by atoms with van der Waals surface area (Å²) in [4.78, 5) is 27.9. The number of rotatable bonds is 8. The molecule has 2 aromatic carbocycles. The summed E-state index contributed by atoms with van der Waals surface area (Å²) < 4.78 is 11.3. The van der Waals surface area contributed by atoms with Crippen molar-refractivity contribution in [2.24, 2.45) is 0 Å². The molecule has 0 saturated carbocycles. The molecule has 0 spiro atoms. The minimum Gasteiger partial charge on any atom is -0.494 e. The molecule has 0 radical (unpaired) electrons. The minimum absolute atomic E-state index is 0.0775. The summed E-state index contributed by atoms with van der Waals surface area (Å²) in [6.07, 6.45) is 5.41. The van der Waals surface area contributed by atoms with Gasteiger partial charge in [0.15, 0.2) is 12.0 Å². The molecule has 0 aliphatic carbocycles. The Hall–Kier alpha value is -4.49. The lowest BCUT2D eigenvalue weighted by Crippen LogP contribution is -2.33. The number of hydrogen-bond donors (Lipinski definition) is 3. The lowest BCUT2D eigenvalue weighted by Gasteiger charge is -2.22. The molecular weight excluding hydrogens is 508 g/mol. The van der Waals surface area contributed by atoms with Crippen molar-refractivity contribution < 1.29 is 24.2 Å². The van der Waals surface area contributed by atoms with Gasteiger partial charge in [-0.05, 0) is 55.3 Å². The number of ether oxygens (including phenoxy) is 2. The third-order valence-electron chi connectivity index (χ3n) is 6.43. The zero-order valence-corrected chi connectivity index (χ0v) is 22.1. The van der Waals surface area contributed by atoms with Gasteiger partial charge in [0.25, 0.3) is 5.91 Å². The average Bonchev–Trinajstić information content (AvgIpc) is 3.02. The van der Waals surface area contributed by atoms with Crippen LogP contribution in [0.1, 0.15) is 40.7 Å². The Balaban J connectivity index is 1.40. The third kappa shape index (κ3) is 6.38. The number of pyridine rings is 2. The van der Waals surface area contributed by atoms with Crippen LogP contribution in [0.5, 0.6) is 5.75 Å². The number of carbonyl (C=O) groups is 1. The van der Waals surface area contributed by atoms with Crippen molar-refractivity contribution in [3.63, 3.8) is 0 Å². The summed E-state index contributed by atoms with van der Waals surface area (Å²) in [6.45, 7) is 1.18. The quantitative estimate of drug-likeness (QED) is 0.225. The molecule has 3 heterocycles. The number of hydroxylamine groups is 1. The molecule has 2 aromatic heterocycles. The number of aliphatic hydroxyl groups excluding tert-OH is 1. The minimum atomic E-state index is -0.482. The van der Waals surface area contributed by atoms with E-state index in [0.717, 1.165) is 35.2 Å². The monoisotopic (exact) mass is 538 g/mol. The van der Waals surface area contributed by atoms with Crippen LogP contribution in [0.2, 0.25) is 0 Å². The van der Waals surface area contributed by atoms with E-state index in [-0.39, 0.29) is 12.2 Å². The summed E-state index contributed by atoms with van der Waals surface area (Å²) in [5, 5.41) is 12.6. The first kappa shape index (κ1) is 27.1. The smallest absolute Gasteiger partial charge is 0.279 e. The number of carbonyl (C=O) groups excluding carboxylic acids is 1. The molecule has 9 nitrogen and oxygen atoms in total. The Bertz CT molecular complexity index is 1520. The Morgan fingerprint density at radius 1 is 1.07 bits per heavy atom. The van der Waals surface area contributed by atoms with E-state index in [0.29, 0.717) is 41.9 Å². The molecular formula is C31H30N4O5. The van der Waals surface area contributed by atoms with Crippen LogP contribution < -0.4 is 15.5 Å². The van der Waals surface area contributed by atoms with E-state index in [1.165, 1.54) is 7.11 Å². The van der Waals surface area contributed by atoms with Gasteiger partial charge < -0.3 is 19.9 Å². The van der Waals surface area contributed by atoms with Crippen LogP contribution >= 0.6 is 0 Å². The highest BCUT2D eigenvalue weighted by molar-refractivity contribution is 6.09. The predicted molar refractivity (Wildman–Crippen MR) is 152 cm³/mol. The highest BCUT2D eigenvalue weighted by Gasteiger charge is 2.24. The fraction of sp³-hybridized carbons (Fsp3) is 0.258. The number of hydrogen-bond acceptors (Lipinski definition) is 8. The molecule has 5 rings (SSSR count). The second-order valence-corrected chi connectivity index (χ2v) is 9.16. The van der Waals surface area contributed by atoms with Gasteiger partial charge in [-0.25, -0.2) is 15.3 Å². The topological polar surface area (TPSA) is 115 Å². The van der Waals surface area contributed by atoms with E-state index < -0.39 is 12.2 Å². The van der Waals surface area contributed by atoms with Gasteiger partial charge in [0.05, 0.1) is 24.8 Å². The highest BCUT2D eigenvalue weighted by Crippen LogP contribution is 2.36. The first-order valence-corrected chi connectivity index (χ1v) is 13.1. The molecule has 0 bridgehead atoms. The van der Waals surface area contributed by atoms with Crippen molar-refractivity contribution in [1.29, 1.82) is 0 Å². The van der Waals surface area contributed by atoms with Crippen LogP contribution in [0.3, 0.4) is 0 Å². The molecule has 1 fully saturated rings. The lowest BCUT2D eigenvalue weighted by molar-refractivity contribution is -0.186. The molecule has 9 heteroatoms. The lowest BCUT2D eigenvalue weighted by atomic mass is 10.0. The zero-order chi connectivity index (χ0) is 27.7. The third-order valence-corrected chi connectivity index (χ3v) is 6.43. The van der Waals surface area contributed by atoms with Gasteiger partial charge in [-0.1, -0.05) is 24.0 Å². The first-order valence-electron chi connectivity index (χ1n) is 13.1. The number of nitrogens with one attached hydrogen (secondary N) is 2. The highest BCUT2D eigenvalue weighted by atomic mass is 16.8. The molecule has 1 atom stereocenters. The van der Waals surface area contributed by atoms with Crippen molar-refractivity contribution in [3.05, 3.63) is 83.7 Å². The summed E-state index contributed by atoms with van der Waals surface area (Å²) in [6, 6.07) is 17.1. The standard InChI is InChI=1S/C31H30N4O5/c1-38-30-28(31(37)35-40-27-4-2-3-19-39-27)25-20-32-16-15-26(25)34-29(30)23-11-7-21(8-12-23)5-6-22-9-13-24(14-10-22)33-17-18-36/h7-16,20,27,33,36H,2-4,17-19H2,1H3,(H,35,37). The van der Waals surface area contributed by atoms with Gasteiger partial charge in [-0.15, -0.1) is 0 Å². The van der Waals surface area contributed by atoms with Crippen molar-refractivity contribution in [1.82, 2.24) is 15.4 Å². The van der Waals surface area contributed by atoms with Crippen LogP contribution in [0.4, 0.5) is 5.69 Å². The van der Waals surface area contributed by atoms with Gasteiger partial charge >= 0.3 is 0 Å². The Morgan fingerprint density at radius 2 is 1.82 bits per heavy atom. The molecule has 1 aliphatic heterocycles. The molecule has 1 saturated heterocycles. The number of anilines is 1. The van der Waals surface area contributed by atoms with Gasteiger partial charge in [0.1, 0.15) is 5.69 Å². The van der Waals surface area contributed by atoms with Gasteiger partial charge in [0.2, 0.25) is 0 Å². The molecule has 204 valence electrons. The predicted octanol–water partition coefficient (Wildman–Crippen LogP) is 4.30. The van der Waals surface area contributed by atoms with Gasteiger partial charge in [-0.2, -0.15) is 0 Å². The summed E-state index contributed by atoms with van der Waals surface area (Å²) in [5.41, 5.74) is 7.35. The van der Waals surface area contributed by atoms with Crippen molar-refractivity contribution >= 4 is 22.5 Å². The maximum Gasteiger partial charge on any atom is 0.279 e.